The zero-order valence-corrected chi connectivity index (χ0v) is 16.1. The number of amides is 1. The van der Waals surface area contributed by atoms with E-state index in [1.165, 1.54) is 17.8 Å². The Morgan fingerprint density at radius 3 is 2.72 bits per heavy atom. The van der Waals surface area contributed by atoms with Crippen molar-refractivity contribution in [2.24, 2.45) is 0 Å². The summed E-state index contributed by atoms with van der Waals surface area (Å²) in [6, 6.07) is 22.7. The second kappa shape index (κ2) is 8.50. The van der Waals surface area contributed by atoms with E-state index < -0.39 is 5.91 Å². The highest BCUT2D eigenvalue weighted by molar-refractivity contribution is 7.99. The van der Waals surface area contributed by atoms with Crippen LogP contribution in [0.15, 0.2) is 87.0 Å². The average molecular weight is 400 g/mol. The number of nitrogens with one attached hydrogen (secondary N) is 2. The molecule has 0 aliphatic heterocycles. The highest BCUT2D eigenvalue weighted by Crippen LogP contribution is 2.29. The van der Waals surface area contributed by atoms with E-state index in [-0.39, 0.29) is 5.57 Å². The second-order valence-electron chi connectivity index (χ2n) is 6.16. The summed E-state index contributed by atoms with van der Waals surface area (Å²) in [6.45, 7) is 0.351. The van der Waals surface area contributed by atoms with E-state index in [1.54, 1.807) is 12.1 Å². The standard InChI is InChI=1S/C22H16N4O2S/c23-13-16(21(27)24-14-15-6-2-1-3-7-15)12-17-10-11-20(28-17)29-22-25-18-8-4-5-9-19(18)26-22/h1-12H,14H2,(H,24,27)(H,25,26)/b16-12-. The number of aromatic nitrogens is 2. The van der Waals surface area contributed by atoms with Crippen molar-refractivity contribution in [3.8, 4) is 6.07 Å². The molecular formula is C22H16N4O2S. The van der Waals surface area contributed by atoms with E-state index in [4.69, 9.17) is 4.42 Å². The van der Waals surface area contributed by atoms with Gasteiger partial charge in [-0.15, -0.1) is 0 Å². The summed E-state index contributed by atoms with van der Waals surface area (Å²) in [6.07, 6.45) is 1.43. The number of carbonyl (C=O) groups excluding carboxylic acids is 1. The molecule has 0 bridgehead atoms. The first kappa shape index (κ1) is 18.6. The second-order valence-corrected chi connectivity index (χ2v) is 7.15. The highest BCUT2D eigenvalue weighted by Gasteiger charge is 2.12. The lowest BCUT2D eigenvalue weighted by molar-refractivity contribution is -0.117. The number of H-pyrrole nitrogens is 1. The summed E-state index contributed by atoms with van der Waals surface area (Å²) in [5, 5.41) is 13.4. The summed E-state index contributed by atoms with van der Waals surface area (Å²) >= 11 is 1.34. The SMILES string of the molecule is N#C/C(=C/c1ccc(Sc2nc3ccccc3[nH]2)o1)C(=O)NCc1ccccc1. The zero-order valence-electron chi connectivity index (χ0n) is 15.3. The lowest BCUT2D eigenvalue weighted by Gasteiger charge is -2.03. The number of aromatic amines is 1. The predicted octanol–water partition coefficient (Wildman–Crippen LogP) is 4.53. The Morgan fingerprint density at radius 1 is 1.14 bits per heavy atom. The lowest BCUT2D eigenvalue weighted by atomic mass is 10.2. The minimum Gasteiger partial charge on any atom is -0.450 e. The summed E-state index contributed by atoms with van der Waals surface area (Å²) in [4.78, 5) is 20.0. The third-order valence-electron chi connectivity index (χ3n) is 4.11. The number of hydrogen-bond acceptors (Lipinski definition) is 5. The molecule has 29 heavy (non-hydrogen) atoms. The fourth-order valence-electron chi connectivity index (χ4n) is 2.70. The Bertz CT molecular complexity index is 1190. The van der Waals surface area contributed by atoms with Gasteiger partial charge in [-0.3, -0.25) is 4.79 Å². The molecule has 2 aromatic carbocycles. The van der Waals surface area contributed by atoms with Crippen LogP contribution >= 0.6 is 11.8 Å². The van der Waals surface area contributed by atoms with Crippen LogP contribution in [0.1, 0.15) is 11.3 Å². The van der Waals surface area contributed by atoms with Crippen LogP contribution in [-0.2, 0) is 11.3 Å². The van der Waals surface area contributed by atoms with Crippen LogP contribution in [0.4, 0.5) is 0 Å². The van der Waals surface area contributed by atoms with Crippen molar-refractivity contribution in [3.05, 3.63) is 83.6 Å². The molecule has 0 unspecified atom stereocenters. The van der Waals surface area contributed by atoms with Gasteiger partial charge in [-0.2, -0.15) is 5.26 Å². The van der Waals surface area contributed by atoms with Gasteiger partial charge in [0.1, 0.15) is 17.4 Å². The van der Waals surface area contributed by atoms with Crippen LogP contribution in [0, 0.1) is 11.3 Å². The predicted molar refractivity (Wildman–Crippen MR) is 111 cm³/mol. The van der Waals surface area contributed by atoms with Gasteiger partial charge in [0, 0.05) is 12.6 Å². The number of furan rings is 1. The Morgan fingerprint density at radius 2 is 1.93 bits per heavy atom. The van der Waals surface area contributed by atoms with Crippen molar-refractivity contribution >= 4 is 34.8 Å². The van der Waals surface area contributed by atoms with Gasteiger partial charge in [0.2, 0.25) is 0 Å². The maximum absolute atomic E-state index is 12.3. The number of para-hydroxylation sites is 2. The van der Waals surface area contributed by atoms with Crippen molar-refractivity contribution in [3.63, 3.8) is 0 Å². The molecule has 4 rings (SSSR count). The first-order valence-electron chi connectivity index (χ1n) is 8.87. The maximum Gasteiger partial charge on any atom is 0.262 e. The summed E-state index contributed by atoms with van der Waals surface area (Å²) < 4.78 is 5.72. The van der Waals surface area contributed by atoms with Gasteiger partial charge in [0.05, 0.1) is 11.0 Å². The van der Waals surface area contributed by atoms with Gasteiger partial charge in [0.15, 0.2) is 10.2 Å². The highest BCUT2D eigenvalue weighted by atomic mass is 32.2. The van der Waals surface area contributed by atoms with Crippen LogP contribution in [0.25, 0.3) is 17.1 Å². The molecule has 6 nitrogen and oxygen atoms in total. The van der Waals surface area contributed by atoms with Crippen LogP contribution in [0.2, 0.25) is 0 Å². The van der Waals surface area contributed by atoms with E-state index in [2.05, 4.69) is 15.3 Å². The van der Waals surface area contributed by atoms with E-state index in [9.17, 15) is 10.1 Å². The fourth-order valence-corrected chi connectivity index (χ4v) is 3.47. The van der Waals surface area contributed by atoms with Gasteiger partial charge >= 0.3 is 0 Å². The number of nitriles is 1. The first-order valence-corrected chi connectivity index (χ1v) is 9.69. The minimum atomic E-state index is -0.445. The molecule has 0 saturated carbocycles. The Kier molecular flexibility index (Phi) is 5.45. The van der Waals surface area contributed by atoms with Gasteiger partial charge in [-0.1, -0.05) is 42.5 Å². The molecular weight excluding hydrogens is 384 g/mol. The van der Waals surface area contributed by atoms with Crippen molar-refractivity contribution in [1.82, 2.24) is 15.3 Å². The number of carbonyl (C=O) groups is 1. The van der Waals surface area contributed by atoms with Crippen LogP contribution < -0.4 is 5.32 Å². The molecule has 7 heteroatoms. The molecule has 0 saturated heterocycles. The molecule has 2 N–H and O–H groups in total. The molecule has 0 fully saturated rings. The van der Waals surface area contributed by atoms with Crippen molar-refractivity contribution in [2.75, 3.05) is 0 Å². The molecule has 2 heterocycles. The van der Waals surface area contributed by atoms with E-state index in [0.717, 1.165) is 16.6 Å². The Hall–Kier alpha value is -3.76. The van der Waals surface area contributed by atoms with Crippen LogP contribution in [0.5, 0.6) is 0 Å². The molecule has 0 radical (unpaired) electrons. The van der Waals surface area contributed by atoms with Crippen molar-refractivity contribution in [1.29, 1.82) is 5.26 Å². The third kappa shape index (κ3) is 4.57. The molecule has 0 atom stereocenters. The Labute approximate surface area is 171 Å². The molecule has 1 amide bonds. The number of rotatable bonds is 6. The smallest absolute Gasteiger partial charge is 0.262 e. The average Bonchev–Trinajstić information content (AvgIpc) is 3.37. The Balaban J connectivity index is 1.43. The number of benzene rings is 2. The lowest BCUT2D eigenvalue weighted by Crippen LogP contribution is -2.23. The first-order chi connectivity index (χ1) is 14.2. The molecule has 2 aromatic heterocycles. The van der Waals surface area contributed by atoms with Crippen molar-refractivity contribution in [2.45, 2.75) is 16.8 Å². The van der Waals surface area contributed by atoms with E-state index >= 15 is 0 Å². The monoisotopic (exact) mass is 400 g/mol. The largest absolute Gasteiger partial charge is 0.450 e. The normalized spacial score (nSPS) is 11.3. The van der Waals surface area contributed by atoms with Gasteiger partial charge < -0.3 is 14.7 Å². The molecule has 0 spiro atoms. The fraction of sp³-hybridized carbons (Fsp3) is 0.0455. The van der Waals surface area contributed by atoms with E-state index in [0.29, 0.717) is 22.6 Å². The number of fused-ring (bicyclic) bond motifs is 1. The maximum atomic E-state index is 12.3. The molecule has 0 aliphatic carbocycles. The van der Waals surface area contributed by atoms with E-state index in [1.807, 2.05) is 60.7 Å². The van der Waals surface area contributed by atoms with Crippen LogP contribution in [0.3, 0.4) is 0 Å². The van der Waals surface area contributed by atoms with Gasteiger partial charge in [0.25, 0.3) is 5.91 Å². The van der Waals surface area contributed by atoms with Crippen molar-refractivity contribution < 1.29 is 9.21 Å². The molecule has 0 aliphatic rings. The number of imidazole rings is 1. The quantitative estimate of drug-likeness (QED) is 0.366. The summed E-state index contributed by atoms with van der Waals surface area (Å²) in [5.41, 5.74) is 2.77. The molecule has 142 valence electrons. The van der Waals surface area contributed by atoms with Gasteiger partial charge in [-0.25, -0.2) is 4.98 Å². The minimum absolute atomic E-state index is 0.0180. The summed E-state index contributed by atoms with van der Waals surface area (Å²) in [7, 11) is 0. The summed E-state index contributed by atoms with van der Waals surface area (Å²) in [5.74, 6) is -0.0192. The van der Waals surface area contributed by atoms with Crippen LogP contribution in [-0.4, -0.2) is 15.9 Å². The third-order valence-corrected chi connectivity index (χ3v) is 4.92. The van der Waals surface area contributed by atoms with Gasteiger partial charge in [-0.05, 0) is 41.6 Å². The molecule has 4 aromatic rings. The topological polar surface area (TPSA) is 94.7 Å². The zero-order chi connectivity index (χ0) is 20.1. The number of hydrogen-bond donors (Lipinski definition) is 2. The number of nitrogens with zero attached hydrogens (tertiary/aromatic N) is 2.